The predicted molar refractivity (Wildman–Crippen MR) is 91.3 cm³/mol. The summed E-state index contributed by atoms with van der Waals surface area (Å²) in [4.78, 5) is 2.19. The fourth-order valence-electron chi connectivity index (χ4n) is 3.23. The van der Waals surface area contributed by atoms with Gasteiger partial charge in [-0.3, -0.25) is 4.90 Å². The summed E-state index contributed by atoms with van der Waals surface area (Å²) in [5, 5.41) is 11.2. The van der Waals surface area contributed by atoms with Crippen molar-refractivity contribution in [2.75, 3.05) is 38.2 Å². The van der Waals surface area contributed by atoms with E-state index in [4.69, 9.17) is 9.15 Å². The molecule has 0 spiro atoms. The third kappa shape index (κ3) is 4.41. The van der Waals surface area contributed by atoms with Crippen LogP contribution in [-0.4, -0.2) is 47.9 Å². The Morgan fingerprint density at radius 3 is 2.44 bits per heavy atom. The molecular weight excluding hydrogens is 361 g/mol. The molecule has 0 amide bonds. The lowest BCUT2D eigenvalue weighted by molar-refractivity contribution is -0.137. The van der Waals surface area contributed by atoms with Crippen LogP contribution in [0.15, 0.2) is 28.7 Å². The van der Waals surface area contributed by atoms with Gasteiger partial charge in [0.15, 0.2) is 0 Å². The first-order valence-corrected chi connectivity index (χ1v) is 9.07. The molecule has 2 aromatic rings. The fraction of sp³-hybridized carbons (Fsp3) is 0.556. The van der Waals surface area contributed by atoms with E-state index in [-0.39, 0.29) is 6.04 Å². The highest BCUT2D eigenvalue weighted by Gasteiger charge is 2.32. The molecule has 1 saturated carbocycles. The molecule has 1 aliphatic carbocycles. The Balaban J connectivity index is 1.49. The van der Waals surface area contributed by atoms with Crippen LogP contribution in [0, 0.1) is 0 Å². The lowest BCUT2D eigenvalue weighted by atomic mass is 10.0. The summed E-state index contributed by atoms with van der Waals surface area (Å²) in [5.74, 6) is 1.02. The zero-order chi connectivity index (χ0) is 18.9. The van der Waals surface area contributed by atoms with Crippen molar-refractivity contribution in [1.82, 2.24) is 15.1 Å². The quantitative estimate of drug-likeness (QED) is 0.826. The van der Waals surface area contributed by atoms with E-state index in [9.17, 15) is 13.2 Å². The Morgan fingerprint density at radius 1 is 1.11 bits per heavy atom. The predicted octanol–water partition coefficient (Wildman–Crippen LogP) is 3.45. The highest BCUT2D eigenvalue weighted by atomic mass is 19.4. The molecule has 2 heterocycles. The molecule has 1 aromatic carbocycles. The van der Waals surface area contributed by atoms with Crippen LogP contribution in [-0.2, 0) is 10.9 Å². The summed E-state index contributed by atoms with van der Waals surface area (Å²) < 4.78 is 49.6. The number of morpholine rings is 1. The van der Waals surface area contributed by atoms with Crippen molar-refractivity contribution in [2.24, 2.45) is 0 Å². The maximum absolute atomic E-state index is 12.9. The van der Waals surface area contributed by atoms with Crippen molar-refractivity contribution in [3.8, 4) is 0 Å². The summed E-state index contributed by atoms with van der Waals surface area (Å²) in [6.45, 7) is 3.08. The molecule has 4 rings (SSSR count). The van der Waals surface area contributed by atoms with Gasteiger partial charge in [0.1, 0.15) is 0 Å². The number of anilines is 1. The standard InChI is InChI=1S/C18H21F3N4O2/c19-18(20,21)14-5-3-12(4-6-14)15(25-7-9-26-10-8-25)11-22-17-24-23-16(27-17)13-1-2-13/h3-6,13,15H,1-2,7-11H2,(H,22,24). The van der Waals surface area contributed by atoms with Crippen LogP contribution >= 0.6 is 0 Å². The molecule has 1 N–H and O–H groups in total. The van der Waals surface area contributed by atoms with Gasteiger partial charge in [0.05, 0.1) is 24.8 Å². The van der Waals surface area contributed by atoms with Crippen molar-refractivity contribution in [3.05, 3.63) is 41.3 Å². The summed E-state index contributed by atoms with van der Waals surface area (Å²) in [7, 11) is 0. The van der Waals surface area contributed by atoms with Crippen LogP contribution in [0.3, 0.4) is 0 Å². The molecule has 1 atom stereocenters. The molecular formula is C18H21F3N4O2. The van der Waals surface area contributed by atoms with Gasteiger partial charge in [0, 0.05) is 25.6 Å². The van der Waals surface area contributed by atoms with Gasteiger partial charge in [-0.1, -0.05) is 17.2 Å². The first-order chi connectivity index (χ1) is 13.0. The van der Waals surface area contributed by atoms with E-state index < -0.39 is 11.7 Å². The maximum atomic E-state index is 12.9. The molecule has 2 fully saturated rings. The van der Waals surface area contributed by atoms with Gasteiger partial charge < -0.3 is 14.5 Å². The van der Waals surface area contributed by atoms with E-state index >= 15 is 0 Å². The van der Waals surface area contributed by atoms with Gasteiger partial charge in [-0.2, -0.15) is 13.2 Å². The molecule has 27 heavy (non-hydrogen) atoms. The van der Waals surface area contributed by atoms with Gasteiger partial charge in [0.2, 0.25) is 5.89 Å². The average molecular weight is 382 g/mol. The minimum absolute atomic E-state index is 0.118. The van der Waals surface area contributed by atoms with E-state index in [1.54, 1.807) is 0 Å². The normalized spacial score (nSPS) is 19.8. The van der Waals surface area contributed by atoms with Crippen LogP contribution in [0.1, 0.15) is 41.8 Å². The van der Waals surface area contributed by atoms with Crippen molar-refractivity contribution in [2.45, 2.75) is 31.0 Å². The number of hydrogen-bond acceptors (Lipinski definition) is 6. The van der Waals surface area contributed by atoms with Crippen LogP contribution in [0.25, 0.3) is 0 Å². The molecule has 1 aromatic heterocycles. The second kappa shape index (κ2) is 7.47. The van der Waals surface area contributed by atoms with Crippen LogP contribution in [0.5, 0.6) is 0 Å². The lowest BCUT2D eigenvalue weighted by Gasteiger charge is -2.34. The molecule has 0 radical (unpaired) electrons. The Kier molecular flexibility index (Phi) is 5.05. The SMILES string of the molecule is FC(F)(F)c1ccc(C(CNc2nnc(C3CC3)o2)N2CCOCC2)cc1. The maximum Gasteiger partial charge on any atom is 0.416 e. The molecule has 2 aliphatic rings. The van der Waals surface area contributed by atoms with Gasteiger partial charge in [-0.05, 0) is 30.5 Å². The van der Waals surface area contributed by atoms with E-state index in [0.717, 1.165) is 30.5 Å². The zero-order valence-electron chi connectivity index (χ0n) is 14.7. The highest BCUT2D eigenvalue weighted by molar-refractivity contribution is 5.29. The Morgan fingerprint density at radius 2 is 1.81 bits per heavy atom. The van der Waals surface area contributed by atoms with Crippen molar-refractivity contribution < 1.29 is 22.3 Å². The number of ether oxygens (including phenoxy) is 1. The van der Waals surface area contributed by atoms with E-state index in [1.807, 2.05) is 0 Å². The number of hydrogen-bond donors (Lipinski definition) is 1. The minimum atomic E-state index is -4.34. The number of nitrogens with zero attached hydrogens (tertiary/aromatic N) is 3. The number of halogens is 3. The molecule has 1 unspecified atom stereocenters. The van der Waals surface area contributed by atoms with Gasteiger partial charge >= 0.3 is 12.2 Å². The number of aromatic nitrogens is 2. The third-order valence-electron chi connectivity index (χ3n) is 4.92. The topological polar surface area (TPSA) is 63.4 Å². The number of benzene rings is 1. The molecule has 9 heteroatoms. The van der Waals surface area contributed by atoms with Crippen molar-refractivity contribution in [1.29, 1.82) is 0 Å². The average Bonchev–Trinajstić information content (AvgIpc) is 3.41. The monoisotopic (exact) mass is 382 g/mol. The van der Waals surface area contributed by atoms with Crippen molar-refractivity contribution >= 4 is 6.01 Å². The van der Waals surface area contributed by atoms with E-state index in [2.05, 4.69) is 20.4 Å². The van der Waals surface area contributed by atoms with Gasteiger partial charge in [-0.15, -0.1) is 5.10 Å². The minimum Gasteiger partial charge on any atom is -0.408 e. The smallest absolute Gasteiger partial charge is 0.408 e. The second-order valence-electron chi connectivity index (χ2n) is 6.88. The van der Waals surface area contributed by atoms with E-state index in [0.29, 0.717) is 50.7 Å². The Bertz CT molecular complexity index is 753. The number of nitrogens with one attached hydrogen (secondary N) is 1. The zero-order valence-corrected chi connectivity index (χ0v) is 14.7. The number of alkyl halides is 3. The highest BCUT2D eigenvalue weighted by Crippen LogP contribution is 2.39. The Labute approximate surface area is 154 Å². The summed E-state index contributed by atoms with van der Waals surface area (Å²) in [6, 6.07) is 5.55. The first-order valence-electron chi connectivity index (χ1n) is 9.07. The first kappa shape index (κ1) is 18.2. The van der Waals surface area contributed by atoms with Crippen LogP contribution < -0.4 is 5.32 Å². The van der Waals surface area contributed by atoms with Crippen LogP contribution in [0.2, 0.25) is 0 Å². The second-order valence-corrected chi connectivity index (χ2v) is 6.88. The largest absolute Gasteiger partial charge is 0.416 e. The molecule has 146 valence electrons. The lowest BCUT2D eigenvalue weighted by Crippen LogP contribution is -2.41. The molecule has 1 aliphatic heterocycles. The summed E-state index contributed by atoms with van der Waals surface area (Å²) in [6.07, 6.45) is -2.19. The summed E-state index contributed by atoms with van der Waals surface area (Å²) >= 11 is 0. The van der Waals surface area contributed by atoms with Gasteiger partial charge in [0.25, 0.3) is 0 Å². The van der Waals surface area contributed by atoms with E-state index in [1.165, 1.54) is 12.1 Å². The molecule has 1 saturated heterocycles. The van der Waals surface area contributed by atoms with Crippen molar-refractivity contribution in [3.63, 3.8) is 0 Å². The fourth-order valence-corrected chi connectivity index (χ4v) is 3.23. The Hall–Kier alpha value is -2.13. The molecule has 0 bridgehead atoms. The number of rotatable bonds is 6. The van der Waals surface area contributed by atoms with Gasteiger partial charge in [-0.25, -0.2) is 0 Å². The summed E-state index contributed by atoms with van der Waals surface area (Å²) in [5.41, 5.74) is 0.158. The molecule has 6 nitrogen and oxygen atoms in total. The van der Waals surface area contributed by atoms with Crippen LogP contribution in [0.4, 0.5) is 19.2 Å². The third-order valence-corrected chi connectivity index (χ3v) is 4.92.